The molecule has 70 valence electrons. The molecule has 0 unspecified atom stereocenters. The van der Waals surface area contributed by atoms with Crippen molar-refractivity contribution in [2.24, 2.45) is 0 Å². The van der Waals surface area contributed by atoms with Crippen LogP contribution in [0, 0.1) is 0 Å². The first-order valence-electron chi connectivity index (χ1n) is 4.09. The van der Waals surface area contributed by atoms with Gasteiger partial charge >= 0.3 is 0 Å². The number of para-hydroxylation sites is 1. The smallest absolute Gasteiger partial charge is 0.275 e. The third-order valence-electron chi connectivity index (χ3n) is 2.19. The fraction of sp³-hybridized carbons (Fsp3) is 0. The van der Waals surface area contributed by atoms with Crippen molar-refractivity contribution in [2.45, 2.75) is 5.03 Å². The molecule has 5 heteroatoms. The standard InChI is InChI=1S/C9H6N2O2S/c12-14(13)9-8(11-14)5-6-3-1-2-4-7(6)10-9/h1-5,11H. The molecule has 0 atom stereocenters. The SMILES string of the molecule is O=S1(=O)Nc2cc3ccccc3nc21. The first-order valence-corrected chi connectivity index (χ1v) is 5.58. The molecule has 0 saturated carbocycles. The van der Waals surface area contributed by atoms with E-state index in [1.807, 2.05) is 18.2 Å². The van der Waals surface area contributed by atoms with Gasteiger partial charge < -0.3 is 0 Å². The molecule has 1 aromatic carbocycles. The zero-order chi connectivity index (χ0) is 9.76. The fourth-order valence-corrected chi connectivity index (χ4v) is 2.53. The summed E-state index contributed by atoms with van der Waals surface area (Å²) in [6.45, 7) is 0. The lowest BCUT2D eigenvalue weighted by Crippen LogP contribution is -2.26. The molecule has 3 rings (SSSR count). The Hall–Kier alpha value is -1.62. The molecule has 0 saturated heterocycles. The van der Waals surface area contributed by atoms with E-state index in [1.165, 1.54) is 0 Å². The zero-order valence-corrected chi connectivity index (χ0v) is 7.88. The summed E-state index contributed by atoms with van der Waals surface area (Å²) < 4.78 is 24.7. The van der Waals surface area contributed by atoms with Gasteiger partial charge in [0.1, 0.15) is 0 Å². The van der Waals surface area contributed by atoms with Crippen molar-refractivity contribution in [1.82, 2.24) is 4.98 Å². The van der Waals surface area contributed by atoms with Crippen molar-refractivity contribution >= 4 is 26.6 Å². The van der Waals surface area contributed by atoms with Gasteiger partial charge in [-0.1, -0.05) is 18.2 Å². The van der Waals surface area contributed by atoms with Gasteiger partial charge in [-0.25, -0.2) is 4.98 Å². The highest BCUT2D eigenvalue weighted by molar-refractivity contribution is 7.94. The van der Waals surface area contributed by atoms with Gasteiger partial charge in [-0.05, 0) is 12.1 Å². The number of hydrogen-bond donors (Lipinski definition) is 1. The van der Waals surface area contributed by atoms with Crippen LogP contribution in [0.5, 0.6) is 0 Å². The molecule has 0 radical (unpaired) electrons. The predicted molar refractivity (Wildman–Crippen MR) is 52.6 cm³/mol. The molecular formula is C9H6N2O2S. The van der Waals surface area contributed by atoms with Crippen LogP contribution in [0.3, 0.4) is 0 Å². The maximum Gasteiger partial charge on any atom is 0.281 e. The summed E-state index contributed by atoms with van der Waals surface area (Å²) in [6, 6.07) is 9.21. The lowest BCUT2D eigenvalue weighted by molar-refractivity contribution is 0.593. The van der Waals surface area contributed by atoms with Crippen LogP contribution in [-0.4, -0.2) is 13.4 Å². The molecule has 1 aromatic heterocycles. The fourth-order valence-electron chi connectivity index (χ4n) is 1.52. The van der Waals surface area contributed by atoms with E-state index in [1.54, 1.807) is 12.1 Å². The predicted octanol–water partition coefficient (Wildman–Crippen LogP) is 1.35. The quantitative estimate of drug-likeness (QED) is 0.707. The average Bonchev–Trinajstić information content (AvgIpc) is 2.16. The summed E-state index contributed by atoms with van der Waals surface area (Å²) in [7, 11) is -3.29. The number of fused-ring (bicyclic) bond motifs is 2. The minimum absolute atomic E-state index is 0.149. The average molecular weight is 206 g/mol. The first-order chi connectivity index (χ1) is 6.67. The summed E-state index contributed by atoms with van der Waals surface area (Å²) >= 11 is 0. The van der Waals surface area contributed by atoms with Crippen LogP contribution in [0.15, 0.2) is 35.4 Å². The number of hydrogen-bond acceptors (Lipinski definition) is 3. The molecule has 0 bridgehead atoms. The van der Waals surface area contributed by atoms with Gasteiger partial charge in [-0.3, -0.25) is 4.72 Å². The Balaban J connectivity index is 2.43. The minimum atomic E-state index is -3.29. The Morgan fingerprint density at radius 3 is 2.79 bits per heavy atom. The summed E-state index contributed by atoms with van der Waals surface area (Å²) in [5.74, 6) is 0. The molecular weight excluding hydrogens is 200 g/mol. The van der Waals surface area contributed by atoms with E-state index in [-0.39, 0.29) is 5.03 Å². The van der Waals surface area contributed by atoms with E-state index >= 15 is 0 Å². The van der Waals surface area contributed by atoms with Crippen LogP contribution in [0.2, 0.25) is 0 Å². The maximum absolute atomic E-state index is 11.2. The summed E-state index contributed by atoms with van der Waals surface area (Å²) in [5, 5.41) is 1.09. The molecule has 0 amide bonds. The number of nitrogens with zero attached hydrogens (tertiary/aromatic N) is 1. The van der Waals surface area contributed by atoms with Crippen molar-refractivity contribution in [3.05, 3.63) is 30.3 Å². The molecule has 4 nitrogen and oxygen atoms in total. The van der Waals surface area contributed by atoms with Gasteiger partial charge in [0.15, 0.2) is 0 Å². The lowest BCUT2D eigenvalue weighted by Gasteiger charge is -2.20. The number of benzene rings is 1. The van der Waals surface area contributed by atoms with Gasteiger partial charge in [-0.15, -0.1) is 0 Å². The molecule has 1 aliphatic heterocycles. The molecule has 2 aromatic rings. The van der Waals surface area contributed by atoms with Gasteiger partial charge in [0.2, 0.25) is 5.03 Å². The third kappa shape index (κ3) is 0.871. The van der Waals surface area contributed by atoms with Crippen LogP contribution < -0.4 is 4.72 Å². The monoisotopic (exact) mass is 206 g/mol. The Kier molecular flexibility index (Phi) is 1.24. The normalized spacial score (nSPS) is 16.9. The first kappa shape index (κ1) is 7.75. The van der Waals surface area contributed by atoms with Crippen LogP contribution in [0.4, 0.5) is 5.69 Å². The van der Waals surface area contributed by atoms with Gasteiger partial charge in [0.25, 0.3) is 10.0 Å². The Morgan fingerprint density at radius 2 is 2.00 bits per heavy atom. The molecule has 14 heavy (non-hydrogen) atoms. The molecule has 0 fully saturated rings. The van der Waals surface area contributed by atoms with Gasteiger partial charge in [0.05, 0.1) is 11.2 Å². The second kappa shape index (κ2) is 2.24. The molecule has 1 N–H and O–H groups in total. The van der Waals surface area contributed by atoms with Crippen molar-refractivity contribution in [1.29, 1.82) is 0 Å². The van der Waals surface area contributed by atoms with E-state index in [9.17, 15) is 8.42 Å². The summed E-state index contributed by atoms with van der Waals surface area (Å²) in [6.07, 6.45) is 0. The number of sulfonamides is 1. The lowest BCUT2D eigenvalue weighted by atomic mass is 10.2. The number of rotatable bonds is 0. The molecule has 2 heterocycles. The van der Waals surface area contributed by atoms with Crippen LogP contribution in [-0.2, 0) is 10.0 Å². The van der Waals surface area contributed by atoms with Crippen molar-refractivity contribution < 1.29 is 8.42 Å². The van der Waals surface area contributed by atoms with Crippen LogP contribution in [0.25, 0.3) is 10.9 Å². The number of anilines is 1. The van der Waals surface area contributed by atoms with E-state index < -0.39 is 10.0 Å². The number of nitrogens with one attached hydrogen (secondary N) is 1. The van der Waals surface area contributed by atoms with Gasteiger partial charge in [-0.2, -0.15) is 8.42 Å². The molecule has 1 aliphatic rings. The third-order valence-corrected chi connectivity index (χ3v) is 3.50. The Bertz CT molecular complexity index is 634. The van der Waals surface area contributed by atoms with E-state index in [4.69, 9.17) is 0 Å². The Labute approximate surface area is 80.6 Å². The highest BCUT2D eigenvalue weighted by Crippen LogP contribution is 2.33. The van der Waals surface area contributed by atoms with Crippen LogP contribution >= 0.6 is 0 Å². The second-order valence-corrected chi connectivity index (χ2v) is 4.74. The van der Waals surface area contributed by atoms with E-state index in [0.717, 1.165) is 5.39 Å². The maximum atomic E-state index is 11.2. The zero-order valence-electron chi connectivity index (χ0n) is 7.06. The second-order valence-electron chi connectivity index (χ2n) is 3.14. The summed E-state index contributed by atoms with van der Waals surface area (Å²) in [4.78, 5) is 4.06. The van der Waals surface area contributed by atoms with Crippen molar-refractivity contribution in [2.75, 3.05) is 4.72 Å². The highest BCUT2D eigenvalue weighted by Gasteiger charge is 2.31. The van der Waals surface area contributed by atoms with Crippen molar-refractivity contribution in [3.8, 4) is 0 Å². The Morgan fingerprint density at radius 1 is 1.21 bits per heavy atom. The molecule has 0 spiro atoms. The minimum Gasteiger partial charge on any atom is -0.275 e. The van der Waals surface area contributed by atoms with E-state index in [0.29, 0.717) is 11.2 Å². The molecule has 0 aliphatic carbocycles. The summed E-state index contributed by atoms with van der Waals surface area (Å²) in [5.41, 5.74) is 1.29. The van der Waals surface area contributed by atoms with Crippen molar-refractivity contribution in [3.63, 3.8) is 0 Å². The number of pyridine rings is 1. The van der Waals surface area contributed by atoms with Crippen LogP contribution in [0.1, 0.15) is 0 Å². The number of aromatic nitrogens is 1. The van der Waals surface area contributed by atoms with E-state index in [2.05, 4.69) is 9.71 Å². The van der Waals surface area contributed by atoms with Gasteiger partial charge in [0, 0.05) is 5.39 Å². The largest absolute Gasteiger partial charge is 0.281 e. The topological polar surface area (TPSA) is 59.1 Å². The highest BCUT2D eigenvalue weighted by atomic mass is 32.2.